The zero-order valence-corrected chi connectivity index (χ0v) is 35.5. The van der Waals surface area contributed by atoms with Gasteiger partial charge in [0.15, 0.2) is 0 Å². The molecule has 322 valence electrons. The highest BCUT2D eigenvalue weighted by molar-refractivity contribution is 7.90. The average Bonchev–Trinajstić information content (AvgIpc) is 3.47. The van der Waals surface area contributed by atoms with E-state index in [1.165, 1.54) is 17.0 Å². The van der Waals surface area contributed by atoms with E-state index in [1.54, 1.807) is 36.4 Å². The molecule has 2 aliphatic carbocycles. The topological polar surface area (TPSA) is 186 Å². The Hall–Kier alpha value is -4.93. The lowest BCUT2D eigenvalue weighted by molar-refractivity contribution is -0.140. The summed E-state index contributed by atoms with van der Waals surface area (Å²) in [4.78, 5) is 63.9. The number of likely N-dealkylation sites (N-methyl/N-ethyl adjacent to an activating group) is 1. The molecular weight excluding hydrogens is 812 g/mol. The third-order valence-corrected chi connectivity index (χ3v) is 13.3. The van der Waals surface area contributed by atoms with Crippen LogP contribution < -0.4 is 24.8 Å². The van der Waals surface area contributed by atoms with Gasteiger partial charge in [-0.25, -0.2) is 22.9 Å². The van der Waals surface area contributed by atoms with Crippen LogP contribution in [-0.2, 0) is 29.1 Å². The number of hydrogen-bond acceptors (Lipinski definition) is 11. The average molecular weight is 865 g/mol. The lowest BCUT2D eigenvalue weighted by Crippen LogP contribution is -2.56. The third kappa shape index (κ3) is 10.3. The van der Waals surface area contributed by atoms with Crippen molar-refractivity contribution in [3.05, 3.63) is 71.8 Å². The van der Waals surface area contributed by atoms with Crippen molar-refractivity contribution in [2.24, 2.45) is 5.92 Å². The molecule has 15 nitrogen and oxygen atoms in total. The van der Waals surface area contributed by atoms with Crippen molar-refractivity contribution in [2.75, 3.05) is 33.8 Å². The first-order valence-corrected chi connectivity index (χ1v) is 22.6. The van der Waals surface area contributed by atoms with E-state index in [0.717, 1.165) is 32.1 Å². The zero-order valence-electron chi connectivity index (χ0n) is 33.9. The molecule has 2 aliphatic heterocycles. The lowest BCUT2D eigenvalue weighted by Gasteiger charge is -2.28. The highest BCUT2D eigenvalue weighted by atomic mass is 35.5. The van der Waals surface area contributed by atoms with E-state index < -0.39 is 63.5 Å². The summed E-state index contributed by atoms with van der Waals surface area (Å²) in [5.41, 5.74) is -1.11. The monoisotopic (exact) mass is 864 g/mol. The summed E-state index contributed by atoms with van der Waals surface area (Å²) < 4.78 is 47.1. The van der Waals surface area contributed by atoms with Gasteiger partial charge in [-0.2, -0.15) is 0 Å². The summed E-state index contributed by atoms with van der Waals surface area (Å²) in [5.74, 6) is -1.70. The molecule has 17 heteroatoms. The Balaban J connectivity index is 1.17. The van der Waals surface area contributed by atoms with E-state index in [2.05, 4.69) is 20.3 Å². The van der Waals surface area contributed by atoms with E-state index in [0.29, 0.717) is 60.0 Å². The first kappa shape index (κ1) is 43.2. The molecule has 4 aliphatic rings. The molecule has 0 bridgehead atoms. The first-order chi connectivity index (χ1) is 28.8. The summed E-state index contributed by atoms with van der Waals surface area (Å²) >= 11 is 6.59. The summed E-state index contributed by atoms with van der Waals surface area (Å²) in [6, 6.07) is 12.8. The van der Waals surface area contributed by atoms with Crippen LogP contribution in [0, 0.1) is 5.92 Å². The number of carbonyl (C=O) groups is 4. The van der Waals surface area contributed by atoms with E-state index in [-0.39, 0.29) is 36.8 Å². The number of allylic oxidation sites excluding steroid dienone is 1. The van der Waals surface area contributed by atoms with Gasteiger partial charge in [0.1, 0.15) is 36.1 Å². The fourth-order valence-electron chi connectivity index (χ4n) is 8.23. The Labute approximate surface area is 355 Å². The molecule has 4 amide bonds. The summed E-state index contributed by atoms with van der Waals surface area (Å²) in [5, 5.41) is 6.82. The molecule has 2 aromatic carbocycles. The predicted molar refractivity (Wildman–Crippen MR) is 224 cm³/mol. The number of hydrogen-bond donors (Lipinski definition) is 3. The van der Waals surface area contributed by atoms with Crippen LogP contribution in [0.3, 0.4) is 0 Å². The SMILES string of the molecule is CN(C)CCOc1cc(O[C@@H]2C[C@H]3C(=O)N[C@]4(C(=O)NS(=O)(=O)c5ccccc5)C[C@@H]4/C=C\CCCC[C@H](NC(=O)OC4CCCC4)CC(=O)N3C2)c2cccc(Cl)c2n1. The quantitative estimate of drug-likeness (QED) is 0.218. The molecule has 5 atom stereocenters. The molecule has 1 aromatic heterocycles. The van der Waals surface area contributed by atoms with Crippen LogP contribution in [0.15, 0.2) is 71.6 Å². The van der Waals surface area contributed by atoms with Gasteiger partial charge in [0.2, 0.25) is 17.7 Å². The number of halogens is 1. The van der Waals surface area contributed by atoms with Crippen molar-refractivity contribution in [3.8, 4) is 11.6 Å². The second kappa shape index (κ2) is 18.8. The fraction of sp³-hybridized carbons (Fsp3) is 0.512. The molecule has 2 saturated carbocycles. The van der Waals surface area contributed by atoms with Gasteiger partial charge in [0, 0.05) is 42.8 Å². The number of benzene rings is 2. The van der Waals surface area contributed by atoms with Gasteiger partial charge in [-0.3, -0.25) is 14.4 Å². The van der Waals surface area contributed by atoms with Crippen LogP contribution in [0.4, 0.5) is 4.79 Å². The van der Waals surface area contributed by atoms with Crippen molar-refractivity contribution >= 4 is 56.3 Å². The predicted octanol–water partition coefficient (Wildman–Crippen LogP) is 5.11. The van der Waals surface area contributed by atoms with Crippen molar-refractivity contribution in [1.29, 1.82) is 0 Å². The molecule has 3 aromatic rings. The fourth-order valence-corrected chi connectivity index (χ4v) is 9.51. The van der Waals surface area contributed by atoms with Crippen LogP contribution in [-0.4, -0.2) is 111 Å². The highest BCUT2D eigenvalue weighted by Gasteiger charge is 2.61. The Kier molecular flexibility index (Phi) is 13.5. The zero-order chi connectivity index (χ0) is 42.4. The second-order valence-corrected chi connectivity index (χ2v) is 18.5. The van der Waals surface area contributed by atoms with E-state index >= 15 is 0 Å². The number of carbonyl (C=O) groups excluding carboxylic acids is 4. The number of pyridine rings is 1. The minimum absolute atomic E-state index is 0.00226. The molecule has 3 heterocycles. The third-order valence-electron chi connectivity index (χ3n) is 11.6. The number of fused-ring (bicyclic) bond motifs is 3. The Morgan fingerprint density at radius 1 is 1.02 bits per heavy atom. The minimum atomic E-state index is -4.26. The molecule has 0 radical (unpaired) electrons. The number of nitrogens with zero attached hydrogens (tertiary/aromatic N) is 3. The van der Waals surface area contributed by atoms with Crippen molar-refractivity contribution < 1.29 is 41.8 Å². The number of nitrogens with one attached hydrogen (secondary N) is 3. The summed E-state index contributed by atoms with van der Waals surface area (Å²) in [6.07, 6.45) is 8.58. The maximum Gasteiger partial charge on any atom is 0.407 e. The smallest absolute Gasteiger partial charge is 0.407 e. The normalized spacial score (nSPS) is 25.6. The number of para-hydroxylation sites is 1. The van der Waals surface area contributed by atoms with Crippen LogP contribution >= 0.6 is 11.6 Å². The van der Waals surface area contributed by atoms with Crippen LogP contribution in [0.25, 0.3) is 10.9 Å². The van der Waals surface area contributed by atoms with E-state index in [4.69, 9.17) is 25.8 Å². The standard InChI is InChI=1S/C43H53ClN6O9S/c1-49(2)21-22-57-37-25-36(33-19-12-20-34(44)39(33)46-37)58-31-24-35-40(52)47-43(41(53)48-60(55,56)32-17-8-5-9-18-32)26-28(43)13-6-3-4-7-14-29(23-38(51)50(35)27-31)45-42(54)59-30-15-10-11-16-30/h5-6,8-9,12-13,17-20,25,28-31,35H,3-4,7,10-11,14-16,21-24,26-27H2,1-2H3,(H,45,54)(H,47,52)(H,48,53)/b13-6-/t28-,29-,31+,35-,43+/m0/s1. The first-order valence-electron chi connectivity index (χ1n) is 20.7. The molecule has 7 rings (SSSR count). The molecule has 0 unspecified atom stereocenters. The number of rotatable bonds is 11. The second-order valence-electron chi connectivity index (χ2n) is 16.4. The van der Waals surface area contributed by atoms with E-state index in [1.807, 2.05) is 37.2 Å². The number of sulfonamides is 1. The van der Waals surface area contributed by atoms with Crippen LogP contribution in [0.2, 0.25) is 5.02 Å². The van der Waals surface area contributed by atoms with Crippen molar-refractivity contribution in [2.45, 2.75) is 105 Å². The van der Waals surface area contributed by atoms with Crippen LogP contribution in [0.1, 0.15) is 70.6 Å². The van der Waals surface area contributed by atoms with Gasteiger partial charge >= 0.3 is 6.09 Å². The number of alkyl carbamates (subject to hydrolysis) is 1. The maximum atomic E-state index is 14.5. The molecule has 3 fully saturated rings. The highest BCUT2D eigenvalue weighted by Crippen LogP contribution is 2.46. The Morgan fingerprint density at radius 2 is 1.78 bits per heavy atom. The van der Waals surface area contributed by atoms with E-state index in [9.17, 15) is 27.6 Å². The minimum Gasteiger partial charge on any atom is -0.488 e. The molecule has 1 saturated heterocycles. The number of amides is 4. The number of aromatic nitrogens is 1. The van der Waals surface area contributed by atoms with Crippen LogP contribution in [0.5, 0.6) is 11.6 Å². The molecule has 60 heavy (non-hydrogen) atoms. The molecule has 0 spiro atoms. The molecular formula is C43H53ClN6O9S. The summed E-state index contributed by atoms with van der Waals surface area (Å²) in [6.45, 7) is 0.991. The van der Waals surface area contributed by atoms with Crippen molar-refractivity contribution in [1.82, 2.24) is 30.1 Å². The Bertz CT molecular complexity index is 2200. The summed E-state index contributed by atoms with van der Waals surface area (Å²) in [7, 11) is -0.405. The molecule has 3 N–H and O–H groups in total. The van der Waals surface area contributed by atoms with Crippen molar-refractivity contribution in [3.63, 3.8) is 0 Å². The van der Waals surface area contributed by atoms with Gasteiger partial charge in [0.05, 0.1) is 22.0 Å². The van der Waals surface area contributed by atoms with Gasteiger partial charge < -0.3 is 34.6 Å². The van der Waals surface area contributed by atoms with Gasteiger partial charge in [-0.15, -0.1) is 0 Å². The maximum absolute atomic E-state index is 14.5. The van der Waals surface area contributed by atoms with Gasteiger partial charge in [-0.05, 0) is 89.7 Å². The lowest BCUT2D eigenvalue weighted by atomic mass is 10.0. The largest absolute Gasteiger partial charge is 0.488 e. The van der Waals surface area contributed by atoms with Gasteiger partial charge in [0.25, 0.3) is 15.9 Å². The Morgan fingerprint density at radius 3 is 2.55 bits per heavy atom. The van der Waals surface area contributed by atoms with Gasteiger partial charge in [-0.1, -0.05) is 54.4 Å². The number of ether oxygens (including phenoxy) is 3.